The molecule has 70 valence electrons. The Balaban J connectivity index is 3.59. The van der Waals surface area contributed by atoms with E-state index >= 15 is 0 Å². The second-order valence-corrected chi connectivity index (χ2v) is 4.16. The van der Waals surface area contributed by atoms with Crippen molar-refractivity contribution in [3.05, 3.63) is 0 Å². The number of rotatable bonds is 6. The normalized spacial score (nSPS) is 18.6. The number of hydrogen-bond donors (Lipinski definition) is 0. The van der Waals surface area contributed by atoms with Crippen molar-refractivity contribution in [1.29, 1.82) is 0 Å². The van der Waals surface area contributed by atoms with E-state index < -0.39 is 0 Å². The van der Waals surface area contributed by atoms with Crippen LogP contribution in [0, 0.1) is 11.8 Å². The third-order valence-electron chi connectivity index (χ3n) is 2.84. The van der Waals surface area contributed by atoms with Crippen LogP contribution in [-0.4, -0.2) is 29.4 Å². The summed E-state index contributed by atoms with van der Waals surface area (Å²) in [4.78, 5) is 0. The molecule has 0 rings (SSSR count). The minimum absolute atomic E-state index is 0.707. The molecule has 0 aliphatic carbocycles. The van der Waals surface area contributed by atoms with Crippen molar-refractivity contribution >= 4 is 15.7 Å². The molecule has 0 saturated carbocycles. The van der Waals surface area contributed by atoms with Crippen molar-refractivity contribution in [3.8, 4) is 0 Å². The molecule has 2 unspecified atom stereocenters. The Morgan fingerprint density at radius 2 is 1.83 bits per heavy atom. The second-order valence-electron chi connectivity index (χ2n) is 4.16. The van der Waals surface area contributed by atoms with Gasteiger partial charge in [0.25, 0.3) is 0 Å². The first-order chi connectivity index (χ1) is 5.61. The Labute approximate surface area is 79.1 Å². The van der Waals surface area contributed by atoms with Gasteiger partial charge in [-0.3, -0.25) is 0 Å². The highest BCUT2D eigenvalue weighted by Crippen LogP contribution is 2.23. The average molecular weight is 168 g/mol. The van der Waals surface area contributed by atoms with Gasteiger partial charge >= 0.3 is 0 Å². The molecule has 0 aliphatic heterocycles. The quantitative estimate of drug-likeness (QED) is 0.532. The molecule has 0 aromatic carbocycles. The monoisotopic (exact) mass is 168 g/mol. The van der Waals surface area contributed by atoms with E-state index in [0.717, 1.165) is 18.4 Å². The highest BCUT2D eigenvalue weighted by Gasteiger charge is 2.13. The van der Waals surface area contributed by atoms with Gasteiger partial charge in [-0.15, -0.1) is 0 Å². The van der Waals surface area contributed by atoms with Gasteiger partial charge in [-0.25, -0.2) is 0 Å². The highest BCUT2D eigenvalue weighted by molar-refractivity contribution is 6.11. The van der Waals surface area contributed by atoms with Gasteiger partial charge in [0.15, 0.2) is 0 Å². The van der Waals surface area contributed by atoms with E-state index in [-0.39, 0.29) is 0 Å². The maximum absolute atomic E-state index is 5.12. The molecule has 12 heavy (non-hydrogen) atoms. The van der Waals surface area contributed by atoms with E-state index in [0.29, 0.717) is 5.82 Å². The fraction of sp³-hybridized carbons (Fsp3) is 1.00. The van der Waals surface area contributed by atoms with Crippen LogP contribution in [0.15, 0.2) is 0 Å². The fourth-order valence-electron chi connectivity index (χ4n) is 1.62. The average Bonchev–Trinajstić information content (AvgIpc) is 2.03. The smallest absolute Gasteiger partial charge is 0.108 e. The molecule has 0 amide bonds. The standard InChI is InChI=1S/C9H22B2O/c1-7(8(2)5-10)4-9(11)6-12-3/h7-9H,4-6,10-11H2,1-3H3/t7?,8?,9-/m1/s1. The first-order valence-corrected chi connectivity index (χ1v) is 5.10. The van der Waals surface area contributed by atoms with Crippen LogP contribution in [0.5, 0.6) is 0 Å². The fourth-order valence-corrected chi connectivity index (χ4v) is 1.62. The highest BCUT2D eigenvalue weighted by atomic mass is 16.5. The zero-order valence-corrected chi connectivity index (χ0v) is 9.26. The third kappa shape index (κ3) is 4.87. The number of ether oxygens (including phenoxy) is 1. The van der Waals surface area contributed by atoms with E-state index in [1.165, 1.54) is 12.7 Å². The van der Waals surface area contributed by atoms with Gasteiger partial charge in [-0.05, 0) is 17.7 Å². The molecule has 0 bridgehead atoms. The van der Waals surface area contributed by atoms with Crippen molar-refractivity contribution < 1.29 is 4.74 Å². The van der Waals surface area contributed by atoms with Crippen LogP contribution >= 0.6 is 0 Å². The lowest BCUT2D eigenvalue weighted by atomic mass is 9.74. The Hall–Kier alpha value is 0.0899. The number of methoxy groups -OCH3 is 1. The maximum Gasteiger partial charge on any atom is 0.108 e. The largest absolute Gasteiger partial charge is 0.385 e. The zero-order chi connectivity index (χ0) is 9.56. The molecule has 0 aliphatic rings. The SMILES string of the molecule is BCC(C)C(C)C[C@@H](B)COC. The molecule has 0 aromatic heterocycles. The van der Waals surface area contributed by atoms with Crippen LogP contribution in [0.4, 0.5) is 0 Å². The summed E-state index contributed by atoms with van der Waals surface area (Å²) in [5.41, 5.74) is 0. The van der Waals surface area contributed by atoms with Crippen molar-refractivity contribution in [2.45, 2.75) is 32.4 Å². The number of hydrogen-bond acceptors (Lipinski definition) is 1. The lowest BCUT2D eigenvalue weighted by Crippen LogP contribution is -2.13. The van der Waals surface area contributed by atoms with Crippen LogP contribution in [0.2, 0.25) is 12.1 Å². The topological polar surface area (TPSA) is 9.23 Å². The van der Waals surface area contributed by atoms with E-state index in [1.807, 2.05) is 0 Å². The van der Waals surface area contributed by atoms with E-state index in [4.69, 9.17) is 4.74 Å². The van der Waals surface area contributed by atoms with Crippen molar-refractivity contribution in [2.75, 3.05) is 13.7 Å². The molecule has 0 spiro atoms. The summed E-state index contributed by atoms with van der Waals surface area (Å²) in [7, 11) is 6.31. The Bertz CT molecular complexity index is 109. The minimum atomic E-state index is 0.707. The lowest BCUT2D eigenvalue weighted by molar-refractivity contribution is 0.184. The molecule has 0 saturated heterocycles. The molecular formula is C9H22B2O. The summed E-state index contributed by atoms with van der Waals surface area (Å²) >= 11 is 0. The lowest BCUT2D eigenvalue weighted by Gasteiger charge is -2.21. The second kappa shape index (κ2) is 6.59. The molecule has 0 radical (unpaired) electrons. The third-order valence-corrected chi connectivity index (χ3v) is 2.84. The maximum atomic E-state index is 5.12. The molecule has 1 nitrogen and oxygen atoms in total. The predicted octanol–water partition coefficient (Wildman–Crippen LogP) is 0.768. The molecule has 3 atom stereocenters. The van der Waals surface area contributed by atoms with E-state index in [1.54, 1.807) is 7.11 Å². The van der Waals surface area contributed by atoms with Gasteiger partial charge in [-0.1, -0.05) is 26.6 Å². The van der Waals surface area contributed by atoms with Gasteiger partial charge in [0.2, 0.25) is 0 Å². The summed E-state index contributed by atoms with van der Waals surface area (Å²) in [6.07, 6.45) is 2.59. The molecular weight excluding hydrogens is 146 g/mol. The molecule has 0 aromatic rings. The molecule has 0 N–H and O–H groups in total. The van der Waals surface area contributed by atoms with E-state index in [9.17, 15) is 0 Å². The Kier molecular flexibility index (Phi) is 6.64. The van der Waals surface area contributed by atoms with Gasteiger partial charge in [-0.2, -0.15) is 0 Å². The van der Waals surface area contributed by atoms with Crippen molar-refractivity contribution in [1.82, 2.24) is 0 Å². The first-order valence-electron chi connectivity index (χ1n) is 5.10. The van der Waals surface area contributed by atoms with Gasteiger partial charge < -0.3 is 4.74 Å². The van der Waals surface area contributed by atoms with Crippen LogP contribution in [0.25, 0.3) is 0 Å². The minimum Gasteiger partial charge on any atom is -0.385 e. The summed E-state index contributed by atoms with van der Waals surface area (Å²) in [6.45, 7) is 5.59. The summed E-state index contributed by atoms with van der Waals surface area (Å²) in [5, 5.41) is 0. The van der Waals surface area contributed by atoms with Crippen molar-refractivity contribution in [2.24, 2.45) is 11.8 Å². The predicted molar refractivity (Wildman–Crippen MR) is 60.5 cm³/mol. The van der Waals surface area contributed by atoms with Crippen LogP contribution < -0.4 is 0 Å². The molecule has 0 fully saturated rings. The molecule has 0 heterocycles. The van der Waals surface area contributed by atoms with Crippen LogP contribution in [0.1, 0.15) is 20.3 Å². The molecule has 3 heteroatoms. The summed E-state index contributed by atoms with van der Waals surface area (Å²) < 4.78 is 5.12. The van der Waals surface area contributed by atoms with Gasteiger partial charge in [0, 0.05) is 13.7 Å². The Morgan fingerprint density at radius 1 is 1.25 bits per heavy atom. The first kappa shape index (κ1) is 12.1. The Morgan fingerprint density at radius 3 is 2.25 bits per heavy atom. The zero-order valence-electron chi connectivity index (χ0n) is 9.26. The van der Waals surface area contributed by atoms with Crippen LogP contribution in [-0.2, 0) is 4.74 Å². The van der Waals surface area contributed by atoms with E-state index in [2.05, 4.69) is 29.5 Å². The van der Waals surface area contributed by atoms with Crippen LogP contribution in [0.3, 0.4) is 0 Å². The van der Waals surface area contributed by atoms with Crippen molar-refractivity contribution in [3.63, 3.8) is 0 Å². The van der Waals surface area contributed by atoms with Gasteiger partial charge in [0.1, 0.15) is 15.7 Å². The summed E-state index contributed by atoms with van der Waals surface area (Å²) in [6, 6.07) is 0. The van der Waals surface area contributed by atoms with Gasteiger partial charge in [0.05, 0.1) is 0 Å². The summed E-state index contributed by atoms with van der Waals surface area (Å²) in [5.74, 6) is 2.39.